The predicted molar refractivity (Wildman–Crippen MR) is 215 cm³/mol. The predicted octanol–water partition coefficient (Wildman–Crippen LogP) is 10.1. The Bertz CT molecular complexity index is 3890. The zero-order valence-corrected chi connectivity index (χ0v) is 28.7. The van der Waals surface area contributed by atoms with E-state index >= 15 is 0 Å². The fraction of sp³-hybridized carbons (Fsp3) is 0.0204. The number of rotatable bonds is 0. The van der Waals surface area contributed by atoms with Gasteiger partial charge in [0.1, 0.15) is 22.2 Å². The average Bonchev–Trinajstić information content (AvgIpc) is 3.94. The van der Waals surface area contributed by atoms with Crippen LogP contribution in [0.2, 0.25) is 0 Å². The van der Waals surface area contributed by atoms with Crippen molar-refractivity contribution in [3.05, 3.63) is 163 Å². The molecular weight excluding hydrogens is 659 g/mol. The molecule has 0 N–H and O–H groups in total. The van der Waals surface area contributed by atoms with Crippen molar-refractivity contribution in [2.45, 2.75) is 5.66 Å². The van der Waals surface area contributed by atoms with Crippen molar-refractivity contribution < 1.29 is 9.13 Å². The van der Waals surface area contributed by atoms with Crippen LogP contribution in [0.1, 0.15) is 11.1 Å². The monoisotopic (exact) mass is 683 g/mol. The number of hydrogen-bond donors (Lipinski definition) is 0. The minimum Gasteiger partial charge on any atom is -0.308 e. The number of aromatic nitrogens is 5. The van der Waals surface area contributed by atoms with Gasteiger partial charge >= 0.3 is 5.66 Å². The summed E-state index contributed by atoms with van der Waals surface area (Å²) in [6.45, 7) is 0. The fourth-order valence-corrected chi connectivity index (χ4v) is 11.9. The summed E-state index contributed by atoms with van der Waals surface area (Å²) >= 11 is 0. The van der Waals surface area contributed by atoms with Gasteiger partial charge in [-0.05, 0) is 83.6 Å². The molecule has 0 fully saturated rings. The second-order valence-electron chi connectivity index (χ2n) is 15.7. The third-order valence-corrected chi connectivity index (χ3v) is 13.6. The first-order valence-corrected chi connectivity index (χ1v) is 18.9. The lowest BCUT2D eigenvalue weighted by atomic mass is 9.80. The standard InChI is InChI=1S/C49H25N5/c1-3-13-28-26(11-1)23-40-41-24-27-12-2-4-14-29(27)48-52-38-20-10-7-17-32(38)35-25-34-31-16-6-8-18-36(31)50-39-22-21-33-30-15-5-9-19-37(30)51-44(33)42(39)49(54(41)48,53(40)47(28)51)43(45(34)50)46(35)52/h1-25H/q+2. The van der Waals surface area contributed by atoms with Crippen molar-refractivity contribution in [2.24, 2.45) is 0 Å². The summed E-state index contributed by atoms with van der Waals surface area (Å²) in [5.41, 5.74) is 13.4. The van der Waals surface area contributed by atoms with Gasteiger partial charge in [-0.15, -0.1) is 0 Å². The van der Waals surface area contributed by atoms with E-state index in [1.54, 1.807) is 0 Å². The molecule has 0 aliphatic carbocycles. The van der Waals surface area contributed by atoms with E-state index in [0.717, 1.165) is 0 Å². The maximum absolute atomic E-state index is 2.77. The van der Waals surface area contributed by atoms with Crippen molar-refractivity contribution in [3.8, 4) is 28.7 Å². The summed E-state index contributed by atoms with van der Waals surface area (Å²) in [5.74, 6) is 2.47. The Morgan fingerprint density at radius 1 is 0.352 bits per heavy atom. The molecule has 0 saturated carbocycles. The maximum Gasteiger partial charge on any atom is 0.319 e. The first kappa shape index (κ1) is 25.7. The molecule has 0 bridgehead atoms. The Morgan fingerprint density at radius 3 is 1.37 bits per heavy atom. The molecule has 16 rings (SSSR count). The van der Waals surface area contributed by atoms with Crippen LogP contribution >= 0.6 is 0 Å². The molecule has 4 aliphatic heterocycles. The highest BCUT2D eigenvalue weighted by molar-refractivity contribution is 6.24. The van der Waals surface area contributed by atoms with Crippen LogP contribution in [-0.2, 0) is 5.66 Å². The van der Waals surface area contributed by atoms with E-state index in [9.17, 15) is 0 Å². The van der Waals surface area contributed by atoms with Crippen LogP contribution < -0.4 is 9.13 Å². The van der Waals surface area contributed by atoms with Crippen molar-refractivity contribution in [1.29, 1.82) is 0 Å². The van der Waals surface area contributed by atoms with Crippen LogP contribution in [0.5, 0.6) is 0 Å². The summed E-state index contributed by atoms with van der Waals surface area (Å²) in [6.07, 6.45) is 0. The first-order chi connectivity index (χ1) is 26.8. The quantitative estimate of drug-likeness (QED) is 0.142. The topological polar surface area (TPSA) is 22.5 Å². The molecule has 0 radical (unpaired) electrons. The van der Waals surface area contributed by atoms with Gasteiger partial charge in [-0.3, -0.25) is 0 Å². The molecule has 9 heterocycles. The zero-order chi connectivity index (χ0) is 34.3. The van der Waals surface area contributed by atoms with Crippen LogP contribution in [0.15, 0.2) is 152 Å². The molecule has 244 valence electrons. The van der Waals surface area contributed by atoms with Crippen LogP contribution in [0.3, 0.4) is 0 Å². The number of benzene rings is 7. The van der Waals surface area contributed by atoms with Crippen molar-refractivity contribution in [1.82, 2.24) is 13.7 Å². The van der Waals surface area contributed by atoms with Gasteiger partial charge in [-0.1, -0.05) is 78.9 Å². The Hall–Kier alpha value is -7.24. The highest BCUT2D eigenvalue weighted by atomic mass is 15.4. The highest BCUT2D eigenvalue weighted by Gasteiger charge is 2.69. The number of hydrogen-bond acceptors (Lipinski definition) is 0. The van der Waals surface area contributed by atoms with E-state index in [2.05, 4.69) is 174 Å². The van der Waals surface area contributed by atoms with E-state index in [1.807, 2.05) is 0 Å². The Labute approximate surface area is 306 Å². The van der Waals surface area contributed by atoms with Gasteiger partial charge in [0.05, 0.1) is 27.5 Å². The number of para-hydroxylation sites is 3. The third kappa shape index (κ3) is 2.31. The Balaban J connectivity index is 1.35. The van der Waals surface area contributed by atoms with E-state index in [0.29, 0.717) is 0 Å². The molecule has 1 atom stereocenters. The highest BCUT2D eigenvalue weighted by Crippen LogP contribution is 2.59. The number of nitrogens with zero attached hydrogens (tertiary/aromatic N) is 5. The van der Waals surface area contributed by atoms with Gasteiger partial charge in [0.15, 0.2) is 22.4 Å². The molecule has 1 spiro atoms. The molecule has 1 unspecified atom stereocenters. The Kier molecular flexibility index (Phi) is 3.75. The van der Waals surface area contributed by atoms with E-state index in [-0.39, 0.29) is 0 Å². The number of fused-ring (bicyclic) bond motifs is 17. The average molecular weight is 684 g/mol. The van der Waals surface area contributed by atoms with Gasteiger partial charge < -0.3 is 4.57 Å². The summed E-state index contributed by atoms with van der Waals surface area (Å²) in [7, 11) is 0. The SMILES string of the molecule is c1ccc2c3[n+]4c(cc2c1)-c1cc2ccccc2c2[n+]1C41c4c(ccc5c6ccccc6n-3c45)-n3c4ccccc4c4cc5c6ccccc6n-2c5c1c43. The van der Waals surface area contributed by atoms with Gasteiger partial charge in [0.2, 0.25) is 0 Å². The maximum atomic E-state index is 2.77. The lowest BCUT2D eigenvalue weighted by Gasteiger charge is -2.39. The molecule has 12 aromatic rings. The Morgan fingerprint density at radius 2 is 0.796 bits per heavy atom. The van der Waals surface area contributed by atoms with Crippen molar-refractivity contribution in [2.75, 3.05) is 0 Å². The lowest BCUT2D eigenvalue weighted by Crippen LogP contribution is -2.76. The molecular formula is C49H25N5+2. The van der Waals surface area contributed by atoms with E-state index in [1.165, 1.54) is 127 Å². The van der Waals surface area contributed by atoms with Gasteiger partial charge in [0.25, 0.3) is 11.6 Å². The number of pyridine rings is 2. The lowest BCUT2D eigenvalue weighted by molar-refractivity contribution is -0.933. The summed E-state index contributed by atoms with van der Waals surface area (Å²) in [4.78, 5) is 0. The molecule has 5 nitrogen and oxygen atoms in total. The fourth-order valence-electron chi connectivity index (χ4n) is 11.9. The molecule has 0 amide bonds. The molecule has 7 aromatic carbocycles. The van der Waals surface area contributed by atoms with Gasteiger partial charge in [-0.25, -0.2) is 0 Å². The van der Waals surface area contributed by atoms with Gasteiger partial charge in [0, 0.05) is 32.3 Å². The molecule has 5 heteroatoms. The van der Waals surface area contributed by atoms with E-state index in [4.69, 9.17) is 0 Å². The van der Waals surface area contributed by atoms with Crippen LogP contribution in [0.4, 0.5) is 0 Å². The minimum absolute atomic E-state index is 0.699. The summed E-state index contributed by atoms with van der Waals surface area (Å²) < 4.78 is 13.4. The minimum atomic E-state index is -0.699. The van der Waals surface area contributed by atoms with Crippen LogP contribution in [0.25, 0.3) is 116 Å². The molecule has 4 aliphatic rings. The molecule has 54 heavy (non-hydrogen) atoms. The van der Waals surface area contributed by atoms with Crippen LogP contribution in [-0.4, -0.2) is 13.7 Å². The second kappa shape index (κ2) is 7.89. The van der Waals surface area contributed by atoms with Crippen LogP contribution in [0, 0.1) is 0 Å². The summed E-state index contributed by atoms with van der Waals surface area (Å²) in [6, 6.07) is 57.5. The summed E-state index contributed by atoms with van der Waals surface area (Å²) in [5, 5.41) is 12.8. The smallest absolute Gasteiger partial charge is 0.308 e. The zero-order valence-electron chi connectivity index (χ0n) is 28.7. The van der Waals surface area contributed by atoms with Crippen molar-refractivity contribution in [3.63, 3.8) is 0 Å². The van der Waals surface area contributed by atoms with Crippen molar-refractivity contribution >= 4 is 87.0 Å². The third-order valence-electron chi connectivity index (χ3n) is 13.6. The largest absolute Gasteiger partial charge is 0.319 e. The van der Waals surface area contributed by atoms with E-state index < -0.39 is 5.66 Å². The normalized spacial score (nSPS) is 16.6. The second-order valence-corrected chi connectivity index (χ2v) is 15.7. The van der Waals surface area contributed by atoms with Gasteiger partial charge in [-0.2, -0.15) is 18.3 Å². The molecule has 0 saturated heterocycles. The first-order valence-electron chi connectivity index (χ1n) is 18.9. The molecule has 5 aromatic heterocycles.